The summed E-state index contributed by atoms with van der Waals surface area (Å²) in [5.74, 6) is 0.442. The maximum atomic E-state index is 12.4. The first-order chi connectivity index (χ1) is 9.47. The lowest BCUT2D eigenvalue weighted by Crippen LogP contribution is -2.55. The summed E-state index contributed by atoms with van der Waals surface area (Å²) < 4.78 is 34.4. The Morgan fingerprint density at radius 1 is 1.45 bits per heavy atom. The van der Waals surface area contributed by atoms with Crippen molar-refractivity contribution in [3.05, 3.63) is 0 Å². The summed E-state index contributed by atoms with van der Waals surface area (Å²) in [6, 6.07) is 0. The molecule has 0 aliphatic carbocycles. The number of nitrogens with one attached hydrogen (secondary N) is 2. The molecule has 0 radical (unpaired) electrons. The van der Waals surface area contributed by atoms with Crippen molar-refractivity contribution >= 4 is 10.2 Å². The van der Waals surface area contributed by atoms with Crippen molar-refractivity contribution in [2.24, 2.45) is 5.92 Å². The quantitative estimate of drug-likeness (QED) is 0.741. The van der Waals surface area contributed by atoms with Gasteiger partial charge in [-0.15, -0.1) is 0 Å². The zero-order valence-corrected chi connectivity index (χ0v) is 13.3. The minimum atomic E-state index is -3.37. The van der Waals surface area contributed by atoms with Gasteiger partial charge in [0.15, 0.2) is 0 Å². The fourth-order valence-corrected chi connectivity index (χ4v) is 4.62. The minimum absolute atomic E-state index is 0.247. The monoisotopic (exact) mass is 305 g/mol. The zero-order valence-electron chi connectivity index (χ0n) is 12.5. The molecule has 0 aromatic heterocycles. The predicted octanol–water partition coefficient (Wildman–Crippen LogP) is 0.321. The third-order valence-electron chi connectivity index (χ3n) is 4.31. The molecule has 6 nitrogen and oxygen atoms in total. The second-order valence-electron chi connectivity index (χ2n) is 6.18. The first-order valence-corrected chi connectivity index (χ1v) is 8.90. The molecule has 2 rings (SSSR count). The highest BCUT2D eigenvalue weighted by Gasteiger charge is 2.36. The largest absolute Gasteiger partial charge is 0.383 e. The van der Waals surface area contributed by atoms with Crippen molar-refractivity contribution < 1.29 is 13.2 Å². The molecule has 0 bridgehead atoms. The van der Waals surface area contributed by atoms with Crippen LogP contribution in [0.15, 0.2) is 0 Å². The van der Waals surface area contributed by atoms with Crippen LogP contribution in [0.2, 0.25) is 0 Å². The molecule has 20 heavy (non-hydrogen) atoms. The summed E-state index contributed by atoms with van der Waals surface area (Å²) in [6.07, 6.45) is 4.07. The Bertz CT molecular complexity index is 407. The van der Waals surface area contributed by atoms with Crippen LogP contribution < -0.4 is 10.0 Å². The lowest BCUT2D eigenvalue weighted by molar-refractivity contribution is 0.122. The first kappa shape index (κ1) is 16.2. The van der Waals surface area contributed by atoms with E-state index in [1.54, 1.807) is 11.4 Å². The van der Waals surface area contributed by atoms with E-state index in [0.717, 1.165) is 32.2 Å². The Morgan fingerprint density at radius 2 is 2.25 bits per heavy atom. The highest BCUT2D eigenvalue weighted by molar-refractivity contribution is 7.87. The van der Waals surface area contributed by atoms with Crippen LogP contribution in [0, 0.1) is 5.92 Å². The third-order valence-corrected chi connectivity index (χ3v) is 5.83. The second kappa shape index (κ2) is 6.70. The van der Waals surface area contributed by atoms with E-state index >= 15 is 0 Å². The molecule has 2 aliphatic rings. The van der Waals surface area contributed by atoms with E-state index in [-0.39, 0.29) is 5.54 Å². The van der Waals surface area contributed by atoms with Gasteiger partial charge in [0.2, 0.25) is 0 Å². The molecule has 0 saturated carbocycles. The summed E-state index contributed by atoms with van der Waals surface area (Å²) in [6.45, 7) is 5.21. The molecule has 0 amide bonds. The Labute approximate surface area is 122 Å². The van der Waals surface area contributed by atoms with Crippen LogP contribution in [-0.2, 0) is 14.9 Å². The van der Waals surface area contributed by atoms with E-state index in [4.69, 9.17) is 4.74 Å². The Balaban J connectivity index is 1.94. The number of hydrogen-bond acceptors (Lipinski definition) is 4. The molecule has 0 aromatic carbocycles. The molecule has 2 saturated heterocycles. The van der Waals surface area contributed by atoms with Gasteiger partial charge in [-0.2, -0.15) is 12.7 Å². The van der Waals surface area contributed by atoms with Gasteiger partial charge in [0.05, 0.1) is 12.1 Å². The summed E-state index contributed by atoms with van der Waals surface area (Å²) in [5, 5.41) is 3.38. The van der Waals surface area contributed by atoms with Gasteiger partial charge in [0, 0.05) is 26.7 Å². The molecule has 2 aliphatic heterocycles. The topological polar surface area (TPSA) is 70.7 Å². The van der Waals surface area contributed by atoms with Gasteiger partial charge in [-0.1, -0.05) is 6.92 Å². The van der Waals surface area contributed by atoms with Crippen LogP contribution in [0.1, 0.15) is 32.6 Å². The number of piperidine rings is 1. The molecular formula is C13H27N3O3S. The molecule has 2 unspecified atom stereocenters. The normalized spacial score (nSPS) is 32.6. The molecule has 118 valence electrons. The van der Waals surface area contributed by atoms with E-state index in [1.165, 1.54) is 0 Å². The van der Waals surface area contributed by atoms with Gasteiger partial charge in [-0.25, -0.2) is 4.72 Å². The van der Waals surface area contributed by atoms with Crippen molar-refractivity contribution in [1.29, 1.82) is 0 Å². The maximum absolute atomic E-state index is 12.4. The van der Waals surface area contributed by atoms with E-state index < -0.39 is 10.2 Å². The lowest BCUT2D eigenvalue weighted by Gasteiger charge is -2.33. The average molecular weight is 305 g/mol. The fourth-order valence-electron chi connectivity index (χ4n) is 3.16. The summed E-state index contributed by atoms with van der Waals surface area (Å²) >= 11 is 0. The van der Waals surface area contributed by atoms with Gasteiger partial charge in [-0.3, -0.25) is 0 Å². The summed E-state index contributed by atoms with van der Waals surface area (Å²) in [5.41, 5.74) is -0.247. The number of hydrogen-bond donors (Lipinski definition) is 2. The van der Waals surface area contributed by atoms with Crippen LogP contribution in [0.25, 0.3) is 0 Å². The van der Waals surface area contributed by atoms with Gasteiger partial charge in [0.25, 0.3) is 10.2 Å². The Hall–Kier alpha value is -0.210. The summed E-state index contributed by atoms with van der Waals surface area (Å²) in [4.78, 5) is 0. The average Bonchev–Trinajstić information content (AvgIpc) is 2.86. The van der Waals surface area contributed by atoms with E-state index in [1.807, 2.05) is 0 Å². The van der Waals surface area contributed by atoms with Crippen molar-refractivity contribution in [3.8, 4) is 0 Å². The van der Waals surface area contributed by atoms with Crippen LogP contribution in [0.3, 0.4) is 0 Å². The molecular weight excluding hydrogens is 278 g/mol. The van der Waals surface area contributed by atoms with E-state index in [2.05, 4.69) is 17.0 Å². The van der Waals surface area contributed by atoms with Gasteiger partial charge in [0.1, 0.15) is 0 Å². The first-order valence-electron chi connectivity index (χ1n) is 7.46. The zero-order chi connectivity index (χ0) is 14.6. The number of nitrogens with zero attached hydrogens (tertiary/aromatic N) is 1. The van der Waals surface area contributed by atoms with Crippen molar-refractivity contribution in [3.63, 3.8) is 0 Å². The highest BCUT2D eigenvalue weighted by atomic mass is 32.2. The van der Waals surface area contributed by atoms with Crippen LogP contribution in [-0.4, -0.2) is 58.2 Å². The SMILES string of the molecule is COCC1(CNS(=O)(=O)N2CCCC(C)C2)CCCN1. The molecule has 2 atom stereocenters. The van der Waals surface area contributed by atoms with Gasteiger partial charge >= 0.3 is 0 Å². The van der Waals surface area contributed by atoms with E-state index in [0.29, 0.717) is 32.2 Å². The molecule has 7 heteroatoms. The third kappa shape index (κ3) is 3.92. The van der Waals surface area contributed by atoms with Crippen LogP contribution in [0.5, 0.6) is 0 Å². The number of ether oxygens (including phenoxy) is 1. The van der Waals surface area contributed by atoms with E-state index in [9.17, 15) is 8.42 Å². The predicted molar refractivity (Wildman–Crippen MR) is 78.7 cm³/mol. The summed E-state index contributed by atoms with van der Waals surface area (Å²) in [7, 11) is -1.72. The highest BCUT2D eigenvalue weighted by Crippen LogP contribution is 2.21. The van der Waals surface area contributed by atoms with Crippen molar-refractivity contribution in [2.75, 3.05) is 39.9 Å². The molecule has 0 aromatic rings. The number of rotatable bonds is 6. The minimum Gasteiger partial charge on any atom is -0.383 e. The smallest absolute Gasteiger partial charge is 0.279 e. The van der Waals surface area contributed by atoms with Crippen LogP contribution in [0.4, 0.5) is 0 Å². The maximum Gasteiger partial charge on any atom is 0.279 e. The lowest BCUT2D eigenvalue weighted by atomic mass is 9.99. The second-order valence-corrected chi connectivity index (χ2v) is 7.93. The van der Waals surface area contributed by atoms with Gasteiger partial charge < -0.3 is 10.1 Å². The van der Waals surface area contributed by atoms with Crippen LogP contribution >= 0.6 is 0 Å². The van der Waals surface area contributed by atoms with Gasteiger partial charge in [-0.05, 0) is 38.1 Å². The molecule has 2 heterocycles. The standard InChI is InChI=1S/C13H27N3O3S/c1-12-5-3-8-16(9-12)20(17,18)15-10-13(11-19-2)6-4-7-14-13/h12,14-15H,3-11H2,1-2H3. The molecule has 0 spiro atoms. The molecule has 2 fully saturated rings. The molecule has 2 N–H and O–H groups in total. The Kier molecular flexibility index (Phi) is 5.42. The Morgan fingerprint density at radius 3 is 2.85 bits per heavy atom. The number of methoxy groups -OCH3 is 1. The van der Waals surface area contributed by atoms with Crippen molar-refractivity contribution in [1.82, 2.24) is 14.3 Å². The fraction of sp³-hybridized carbons (Fsp3) is 1.00. The van der Waals surface area contributed by atoms with Crippen molar-refractivity contribution in [2.45, 2.75) is 38.1 Å².